The molecule has 0 aromatic rings. The predicted octanol–water partition coefficient (Wildman–Crippen LogP) is 2.24. The minimum atomic E-state index is -0.295. The Bertz CT molecular complexity index is 177. The van der Waals surface area contributed by atoms with Crippen LogP contribution in [0.3, 0.4) is 0 Å². The fourth-order valence-corrected chi connectivity index (χ4v) is 1.30. The van der Waals surface area contributed by atoms with Crippen LogP contribution in [-0.2, 0) is 14.3 Å². The van der Waals surface area contributed by atoms with Gasteiger partial charge in [0, 0.05) is 6.42 Å². The molecule has 0 fully saturated rings. The van der Waals surface area contributed by atoms with Gasteiger partial charge in [0.2, 0.25) is 6.29 Å². The summed E-state index contributed by atoms with van der Waals surface area (Å²) in [6, 6.07) is 0. The van der Waals surface area contributed by atoms with Gasteiger partial charge in [0.05, 0.1) is 5.92 Å². The molecule has 0 saturated heterocycles. The Kier molecular flexibility index (Phi) is 7.07. The Morgan fingerprint density at radius 3 is 2.29 bits per heavy atom. The summed E-state index contributed by atoms with van der Waals surface area (Å²) in [4.78, 5) is 21.8. The summed E-state index contributed by atoms with van der Waals surface area (Å²) in [5.41, 5.74) is 0. The number of esters is 1. The number of ether oxygens (including phenoxy) is 1. The summed E-state index contributed by atoms with van der Waals surface area (Å²) >= 11 is 0. The minimum Gasteiger partial charge on any atom is -0.462 e. The van der Waals surface area contributed by atoms with Crippen LogP contribution in [0, 0.1) is 5.92 Å². The van der Waals surface area contributed by atoms with Crippen molar-refractivity contribution in [2.75, 3.05) is 0 Å². The molecule has 0 bridgehead atoms. The average molecular weight is 199 g/mol. The summed E-state index contributed by atoms with van der Waals surface area (Å²) in [6.45, 7) is 5.72. The molecule has 0 aromatic heterocycles. The molecule has 0 aliphatic carbocycles. The Hall–Kier alpha value is -0.860. The van der Waals surface area contributed by atoms with E-state index < -0.39 is 0 Å². The quantitative estimate of drug-likeness (QED) is 0.590. The fourth-order valence-electron chi connectivity index (χ4n) is 1.30. The second-order valence-corrected chi connectivity index (χ2v) is 3.32. The van der Waals surface area contributed by atoms with E-state index in [0.29, 0.717) is 19.3 Å². The summed E-state index contributed by atoms with van der Waals surface area (Å²) < 4.78 is 5.18. The molecule has 0 aromatic carbocycles. The number of hydrogen-bond acceptors (Lipinski definition) is 3. The lowest BCUT2D eigenvalue weighted by Crippen LogP contribution is -2.26. The zero-order chi connectivity index (χ0) is 11.0. The third kappa shape index (κ3) is 4.40. The van der Waals surface area contributed by atoms with Gasteiger partial charge in [-0.3, -0.25) is 9.59 Å². The van der Waals surface area contributed by atoms with Crippen LogP contribution in [0.2, 0.25) is 0 Å². The molecule has 0 N–H and O–H groups in total. The molecular weight excluding hydrogens is 180 g/mol. The highest BCUT2D eigenvalue weighted by Crippen LogP contribution is 2.14. The van der Waals surface area contributed by atoms with Gasteiger partial charge < -0.3 is 4.74 Å². The van der Waals surface area contributed by atoms with Crippen molar-refractivity contribution < 1.29 is 14.3 Å². The second kappa shape index (κ2) is 7.54. The largest absolute Gasteiger partial charge is 0.462 e. The molecule has 0 amide bonds. The molecule has 0 heterocycles. The Morgan fingerprint density at radius 1 is 1.29 bits per heavy atom. The van der Waals surface area contributed by atoms with Gasteiger partial charge in [-0.1, -0.05) is 20.8 Å². The van der Waals surface area contributed by atoms with Crippen LogP contribution in [-0.4, -0.2) is 18.4 Å². The van der Waals surface area contributed by atoms with Gasteiger partial charge in [-0.15, -0.1) is 0 Å². The van der Waals surface area contributed by atoms with Crippen molar-refractivity contribution in [1.29, 1.82) is 0 Å². The Labute approximate surface area is 85.8 Å². The molecule has 0 spiro atoms. The molecule has 2 atom stereocenters. The summed E-state index contributed by atoms with van der Waals surface area (Å²) in [5.74, 6) is -0.492. The number of carbonyl (C=O) groups excluding carboxylic acids is 2. The van der Waals surface area contributed by atoms with Crippen molar-refractivity contribution in [1.82, 2.24) is 0 Å². The monoisotopic (exact) mass is 199 g/mol. The fraction of sp³-hybridized carbons (Fsp3) is 0.818. The Morgan fingerprint density at radius 2 is 1.93 bits per heavy atom. The molecule has 81 valence electrons. The van der Waals surface area contributed by atoms with Crippen LogP contribution in [0.1, 0.15) is 46.5 Å². The predicted molar refractivity (Wildman–Crippen MR) is 54.6 cm³/mol. The van der Waals surface area contributed by atoms with Crippen molar-refractivity contribution in [2.45, 2.75) is 52.6 Å². The third-order valence-electron chi connectivity index (χ3n) is 2.18. The van der Waals surface area contributed by atoms with Crippen LogP contribution >= 0.6 is 0 Å². The molecule has 3 heteroatoms. The van der Waals surface area contributed by atoms with Crippen LogP contribution in [0.15, 0.2) is 0 Å². The highest BCUT2D eigenvalue weighted by atomic mass is 16.5. The molecule has 0 saturated carbocycles. The topological polar surface area (TPSA) is 43.4 Å². The first-order valence-corrected chi connectivity index (χ1v) is 5.26. The van der Waals surface area contributed by atoms with E-state index in [2.05, 4.69) is 0 Å². The average Bonchev–Trinajstić information content (AvgIpc) is 2.18. The van der Waals surface area contributed by atoms with Gasteiger partial charge in [0.25, 0.3) is 0 Å². The molecule has 3 nitrogen and oxygen atoms in total. The van der Waals surface area contributed by atoms with E-state index in [4.69, 9.17) is 4.74 Å². The van der Waals surface area contributed by atoms with Crippen LogP contribution in [0.5, 0.6) is 0 Å². The van der Waals surface area contributed by atoms with Crippen LogP contribution in [0.4, 0.5) is 0 Å². The van der Waals surface area contributed by atoms with Gasteiger partial charge in [0.15, 0.2) is 0 Å². The van der Waals surface area contributed by atoms with E-state index in [1.807, 2.05) is 27.1 Å². The van der Waals surface area contributed by atoms with E-state index >= 15 is 0 Å². The highest BCUT2D eigenvalue weighted by Gasteiger charge is 2.21. The first kappa shape index (κ1) is 13.1. The highest BCUT2D eigenvalue weighted by molar-refractivity contribution is 5.70. The van der Waals surface area contributed by atoms with Gasteiger partial charge in [-0.2, -0.15) is 0 Å². The zero-order valence-electron chi connectivity index (χ0n) is 9.21. The maximum absolute atomic E-state index is 11.2. The molecule has 2 unspecified atom stereocenters. The van der Waals surface area contributed by atoms with Gasteiger partial charge >= 0.3 is 5.97 Å². The first-order chi connectivity index (χ1) is 6.69. The number of carbonyl (C=O) groups is 1. The molecule has 0 aliphatic rings. The third-order valence-corrected chi connectivity index (χ3v) is 2.18. The molecule has 1 radical (unpaired) electrons. The van der Waals surface area contributed by atoms with E-state index in [1.54, 1.807) is 0 Å². The van der Waals surface area contributed by atoms with Gasteiger partial charge in [0.1, 0.15) is 6.10 Å². The van der Waals surface area contributed by atoms with Crippen molar-refractivity contribution in [3.05, 3.63) is 0 Å². The maximum Gasteiger partial charge on any atom is 0.306 e. The Balaban J connectivity index is 4.12. The van der Waals surface area contributed by atoms with Crippen molar-refractivity contribution >= 4 is 12.3 Å². The lowest BCUT2D eigenvalue weighted by molar-refractivity contribution is -0.150. The minimum absolute atomic E-state index is 0.215. The molecule has 0 rings (SSSR count). The van der Waals surface area contributed by atoms with E-state index in [1.165, 1.54) is 0 Å². The van der Waals surface area contributed by atoms with Crippen molar-refractivity contribution in [3.8, 4) is 0 Å². The van der Waals surface area contributed by atoms with E-state index in [9.17, 15) is 9.59 Å². The smallest absolute Gasteiger partial charge is 0.306 e. The van der Waals surface area contributed by atoms with Crippen molar-refractivity contribution in [3.63, 3.8) is 0 Å². The number of rotatable bonds is 7. The summed E-state index contributed by atoms with van der Waals surface area (Å²) in [7, 11) is 0. The standard InChI is InChI=1S/C11H19O3/c1-4-7-11(13)14-10(6-3)9(5-2)8-12/h9-10H,4-7H2,1-3H3. The first-order valence-electron chi connectivity index (χ1n) is 5.26. The maximum atomic E-state index is 11.2. The summed E-state index contributed by atoms with van der Waals surface area (Å²) in [6.07, 6.45) is 4.16. The van der Waals surface area contributed by atoms with Crippen LogP contribution < -0.4 is 0 Å². The van der Waals surface area contributed by atoms with Crippen molar-refractivity contribution in [2.24, 2.45) is 5.92 Å². The summed E-state index contributed by atoms with van der Waals surface area (Å²) in [5, 5.41) is 0. The van der Waals surface area contributed by atoms with E-state index in [-0.39, 0.29) is 18.0 Å². The number of hydrogen-bond donors (Lipinski definition) is 0. The molecular formula is C11H19O3. The normalized spacial score (nSPS) is 14.5. The van der Waals surface area contributed by atoms with E-state index in [0.717, 1.165) is 6.42 Å². The SMILES string of the molecule is CCCC(=O)OC(CC)C([C]=O)CC. The van der Waals surface area contributed by atoms with Gasteiger partial charge in [-0.05, 0) is 19.3 Å². The van der Waals surface area contributed by atoms with Crippen LogP contribution in [0.25, 0.3) is 0 Å². The zero-order valence-corrected chi connectivity index (χ0v) is 9.21. The van der Waals surface area contributed by atoms with Gasteiger partial charge in [-0.25, -0.2) is 0 Å². The lowest BCUT2D eigenvalue weighted by Gasteiger charge is -2.20. The molecule has 0 aliphatic heterocycles. The second-order valence-electron chi connectivity index (χ2n) is 3.32. The lowest BCUT2D eigenvalue weighted by atomic mass is 9.99. The molecule has 14 heavy (non-hydrogen) atoms.